The molecule has 0 spiro atoms. The van der Waals surface area contributed by atoms with E-state index in [1.165, 1.54) is 244 Å². The Labute approximate surface area is 698 Å². The van der Waals surface area contributed by atoms with E-state index >= 15 is 0 Å². The molecule has 0 heterocycles. The number of halogens is 2. The number of carboxylic acid groups (broad SMARTS) is 1. The fourth-order valence-electron chi connectivity index (χ4n) is 7.17. The van der Waals surface area contributed by atoms with Crippen molar-refractivity contribution in [3.63, 3.8) is 0 Å². The van der Waals surface area contributed by atoms with Gasteiger partial charge in [0.15, 0.2) is 0 Å². The third kappa shape index (κ3) is 160. The van der Waals surface area contributed by atoms with Gasteiger partial charge < -0.3 is 37.8 Å². The number of aliphatic carboxylic acids is 1. The van der Waals surface area contributed by atoms with Crippen LogP contribution in [0.25, 0.3) is 0 Å². The van der Waals surface area contributed by atoms with Crippen molar-refractivity contribution in [2.24, 2.45) is 5.73 Å². The van der Waals surface area contributed by atoms with Crippen molar-refractivity contribution >= 4 is 18.4 Å². The van der Waals surface area contributed by atoms with E-state index in [-0.39, 0.29) is 348 Å². The number of nitrogens with zero attached hydrogens (tertiary/aromatic N) is 1. The van der Waals surface area contributed by atoms with Gasteiger partial charge in [-0.05, 0) is 83.6 Å². The van der Waals surface area contributed by atoms with Crippen LogP contribution in [0.4, 0.5) is 0 Å². The zero-order valence-electron chi connectivity index (χ0n) is 46.0. The summed E-state index contributed by atoms with van der Waals surface area (Å²) in [5.41, 5.74) is 5.47. The molecule has 0 aromatic carbocycles. The van der Waals surface area contributed by atoms with Crippen molar-refractivity contribution in [1.29, 1.82) is 0 Å². The average Bonchev–Trinajstić information content (AvgIpc) is 3.18. The van der Waals surface area contributed by atoms with Gasteiger partial charge in [-0.15, -0.1) is 12.4 Å². The van der Waals surface area contributed by atoms with E-state index in [0.29, 0.717) is 6.42 Å². The number of quaternary nitrogens is 1. The molecule has 21 heteroatoms. The molecule has 14 radical (unpaired) electrons. The first kappa shape index (κ1) is 141. The molecule has 0 atom stereocenters. The predicted molar refractivity (Wildman–Crippen MR) is 272 cm³/mol. The number of allylic oxidation sites excluding steroid dienone is 4. The van der Waals surface area contributed by atoms with E-state index in [0.717, 1.165) is 23.9 Å². The first-order valence-electron chi connectivity index (χ1n) is 25.8. The summed E-state index contributed by atoms with van der Waals surface area (Å²) in [6.45, 7) is 9.01. The Kier molecular flexibility index (Phi) is 252. The van der Waals surface area contributed by atoms with Crippen LogP contribution in [0, 0.1) is 0 Å². The third-order valence-electron chi connectivity index (χ3n) is 11.1. The summed E-state index contributed by atoms with van der Waals surface area (Å²) in [6, 6.07) is 0. The monoisotopic (exact) mass is 3700 g/mol. The van der Waals surface area contributed by atoms with Gasteiger partial charge in [-0.25, -0.2) is 0 Å². The van der Waals surface area contributed by atoms with E-state index in [9.17, 15) is 4.79 Å². The number of hydrogen-bond donors (Lipinski definition) is 2. The molecule has 0 aromatic rings. The maximum absolute atomic E-state index is 10.3. The van der Waals surface area contributed by atoms with Gasteiger partial charge in [0.25, 0.3) is 0 Å². The molecule has 520 valence electrons. The Morgan fingerprint density at radius 2 is 0.541 bits per heavy atom. The van der Waals surface area contributed by atoms with Crippen molar-refractivity contribution in [3.05, 3.63) is 24.3 Å². The summed E-state index contributed by atoms with van der Waals surface area (Å²) in [6.07, 6.45) is 62.6. The van der Waals surface area contributed by atoms with E-state index in [1.54, 1.807) is 0 Å². The quantitative estimate of drug-likeness (QED) is 0.0209. The molecule has 0 amide bonds. The van der Waals surface area contributed by atoms with Crippen LogP contribution in [-0.2, 0) is 324 Å². The first-order chi connectivity index (χ1) is 27.7. The molecule has 0 bridgehead atoms. The molecule has 0 aliphatic carbocycles. The number of carboxylic acids is 1. The van der Waals surface area contributed by atoms with Crippen molar-refractivity contribution in [2.75, 3.05) is 34.2 Å². The van der Waals surface area contributed by atoms with Gasteiger partial charge in [0.2, 0.25) is 0 Å². The minimum absolute atomic E-state index is 0. The Morgan fingerprint density at radius 1 is 0.351 bits per heavy atom. The third-order valence-corrected chi connectivity index (χ3v) is 11.1. The van der Waals surface area contributed by atoms with Crippen LogP contribution in [-0.4, -0.2) is 49.8 Å². The number of rotatable bonds is 43. The zero-order chi connectivity index (χ0) is 42.6. The molecule has 0 saturated carbocycles. The summed E-state index contributed by atoms with van der Waals surface area (Å²) in [7, 11) is 6.88. The molecular formula is C53H113Au14BrClN2O3+. The molecule has 0 aromatic heterocycles. The van der Waals surface area contributed by atoms with E-state index in [2.05, 4.69) is 66.2 Å². The normalized spacial score (nSPS) is 8.91. The Morgan fingerprint density at radius 3 is 0.757 bits per heavy atom. The van der Waals surface area contributed by atoms with Gasteiger partial charge in [-0.1, -0.05) is 218 Å². The zero-order valence-corrected chi connectivity index (χ0v) is 78.7. The van der Waals surface area contributed by atoms with Crippen molar-refractivity contribution in [3.8, 4) is 0 Å². The largest absolute Gasteiger partial charge is 1.00 e. The van der Waals surface area contributed by atoms with Crippen molar-refractivity contribution in [2.45, 2.75) is 278 Å². The molecule has 0 fully saturated rings. The molecule has 74 heavy (non-hydrogen) atoms. The van der Waals surface area contributed by atoms with Gasteiger partial charge in [-0.2, -0.15) is 0 Å². The Balaban J connectivity index is -0.0000000295. The Bertz CT molecular complexity index is 842. The number of unbranched alkanes of at least 4 members (excludes halogenated alkanes) is 34. The summed E-state index contributed by atoms with van der Waals surface area (Å²) < 4.78 is 1.12. The van der Waals surface area contributed by atoms with Crippen molar-refractivity contribution < 1.29 is 350 Å². The number of carbonyl (C=O) groups is 1. The van der Waals surface area contributed by atoms with Gasteiger partial charge in [0, 0.05) is 320 Å². The van der Waals surface area contributed by atoms with Gasteiger partial charge >= 0.3 is 5.97 Å². The minimum Gasteiger partial charge on any atom is -1.00 e. The van der Waals surface area contributed by atoms with Crippen LogP contribution in [0.15, 0.2) is 24.3 Å². The first-order valence-corrected chi connectivity index (χ1v) is 25.8. The second kappa shape index (κ2) is 132. The summed E-state index contributed by atoms with van der Waals surface area (Å²) >= 11 is 0. The summed E-state index contributed by atoms with van der Waals surface area (Å²) in [4.78, 5) is 10.3. The summed E-state index contributed by atoms with van der Waals surface area (Å²) in [5, 5.41) is 8.48. The maximum Gasteiger partial charge on any atom is 0.303 e. The molecule has 0 saturated heterocycles. The van der Waals surface area contributed by atoms with Gasteiger partial charge in [0.05, 0.1) is 27.7 Å². The second-order valence-corrected chi connectivity index (χ2v) is 18.4. The van der Waals surface area contributed by atoms with E-state index < -0.39 is 5.97 Å². The fourth-order valence-corrected chi connectivity index (χ4v) is 7.17. The van der Waals surface area contributed by atoms with E-state index in [4.69, 9.17) is 10.8 Å². The van der Waals surface area contributed by atoms with Crippen LogP contribution in [0.5, 0.6) is 0 Å². The molecule has 0 rings (SSSR count). The second-order valence-electron chi connectivity index (χ2n) is 18.4. The smallest absolute Gasteiger partial charge is 0.303 e. The molecular weight excluding hydrogens is 3590 g/mol. The summed E-state index contributed by atoms with van der Waals surface area (Å²) in [5.74, 6) is -0.666. The molecule has 0 aliphatic heterocycles. The average molecular weight is 3700 g/mol. The maximum atomic E-state index is 10.3. The fraction of sp³-hybridized carbons (Fsp3) is 0.906. The van der Waals surface area contributed by atoms with E-state index in [1.807, 2.05) is 0 Å². The topological polar surface area (TPSA) is 96.3 Å². The standard InChI is InChI=1S/C19H42N.C18H37N.C16H30O2.14Au.BrH.ClH.H2O/c1-5-6-7-8-9-10-11-12-13-14-15-16-17-18-19-20(2,3)4;1-2-3-4-5-6-7-8-9-10-11-12-13-14-15-16-17-18-19;1-2-3-4-5-6-7-8-9-10-11-12-13-14-15-16(17)18;;;;;;;;;;;;;;;;;/h5-19H2,1-4H3;9-10H,2-8,11-19H2,1H3;7-8H,2-6,9-15H2,1H3,(H,17,18);;;;;;;;;;;;;;;2*1H;1H2/q+1;;;;;;;;;;;;;;;;;;;/b;10-9+;8-7-;;;;;;;;;;;;;;;;;. The van der Waals surface area contributed by atoms with Crippen LogP contribution in [0.1, 0.15) is 278 Å². The molecule has 5 nitrogen and oxygen atoms in total. The van der Waals surface area contributed by atoms with Gasteiger partial charge in [-0.3, -0.25) is 4.79 Å². The number of nitrogens with two attached hydrogens (primary N) is 1. The molecule has 0 aliphatic rings. The van der Waals surface area contributed by atoms with Crippen LogP contribution in [0.2, 0.25) is 0 Å². The van der Waals surface area contributed by atoms with Crippen molar-refractivity contribution in [1.82, 2.24) is 0 Å². The number of hydrogen-bond acceptors (Lipinski definition) is 2. The SMILES string of the molecule is CCCCCC/C=C\CCCCCCCC(=O)O.CCCCCCCC/C=C/CCCCCCCCN.CCCCCCCCCCCCCCCC[N+](C)(C)C.Cl.[Au].[Au].[Au].[Au].[Au].[Au].[Au].[Au].[Au].[Au].[Au].[Au].[Au].[Au].[Br-].[OH3+]. The van der Waals surface area contributed by atoms with Crippen LogP contribution in [0.3, 0.4) is 0 Å². The minimum atomic E-state index is -0.666. The molecule has 0 unspecified atom stereocenters. The van der Waals surface area contributed by atoms with Crippen LogP contribution < -0.4 is 22.7 Å². The Hall–Kier alpha value is 9.96. The van der Waals surface area contributed by atoms with Crippen LogP contribution >= 0.6 is 12.4 Å². The molecule has 6 N–H and O–H groups in total. The van der Waals surface area contributed by atoms with Gasteiger partial charge in [0.1, 0.15) is 0 Å². The predicted octanol–water partition coefficient (Wildman–Crippen LogP) is 14.0.